The molecule has 1 aromatic carbocycles. The highest BCUT2D eigenvalue weighted by Gasteiger charge is 2.17. The molecule has 4 heteroatoms. The summed E-state index contributed by atoms with van der Waals surface area (Å²) < 4.78 is 12.2. The Labute approximate surface area is 97.1 Å². The Kier molecular flexibility index (Phi) is 3.49. The van der Waals surface area contributed by atoms with Crippen LogP contribution < -0.4 is 9.47 Å². The van der Waals surface area contributed by atoms with Gasteiger partial charge in [-0.1, -0.05) is 6.07 Å². The second-order valence-corrected chi connectivity index (χ2v) is 4.24. The van der Waals surface area contributed by atoms with Gasteiger partial charge in [-0.15, -0.1) is 0 Å². The molecular formula is C11H13BrO3. The number of aliphatic hydroxyl groups is 1. The largest absolute Gasteiger partial charge is 0.489 e. The van der Waals surface area contributed by atoms with E-state index in [1.54, 1.807) is 0 Å². The third-order valence-electron chi connectivity index (χ3n) is 2.31. The maximum absolute atomic E-state index is 8.95. The van der Waals surface area contributed by atoms with Gasteiger partial charge in [-0.2, -0.15) is 0 Å². The minimum atomic E-state index is 0.122. The maximum Gasteiger partial charge on any atom is 0.175 e. The predicted molar refractivity (Wildman–Crippen MR) is 60.5 cm³/mol. The van der Waals surface area contributed by atoms with Gasteiger partial charge >= 0.3 is 0 Å². The summed E-state index contributed by atoms with van der Waals surface area (Å²) in [6, 6.07) is 3.88. The predicted octanol–water partition coefficient (Wildman–Crippen LogP) is 2.15. The van der Waals surface area contributed by atoms with Crippen LogP contribution in [0.15, 0.2) is 16.6 Å². The molecule has 1 aromatic rings. The van der Waals surface area contributed by atoms with Crippen molar-refractivity contribution < 1.29 is 14.6 Å². The highest BCUT2D eigenvalue weighted by molar-refractivity contribution is 9.10. The normalized spacial score (nSPS) is 14.8. The fourth-order valence-electron chi connectivity index (χ4n) is 1.60. The van der Waals surface area contributed by atoms with Crippen LogP contribution in [0.2, 0.25) is 0 Å². The first kappa shape index (κ1) is 10.8. The summed E-state index contributed by atoms with van der Waals surface area (Å²) in [6.07, 6.45) is 1.48. The van der Waals surface area contributed by atoms with Crippen LogP contribution in [0.5, 0.6) is 11.5 Å². The summed E-state index contributed by atoms with van der Waals surface area (Å²) >= 11 is 3.43. The van der Waals surface area contributed by atoms with Crippen molar-refractivity contribution in [3.05, 3.63) is 22.2 Å². The first-order valence-electron chi connectivity index (χ1n) is 5.01. The molecule has 3 nitrogen and oxygen atoms in total. The standard InChI is InChI=1S/C11H13BrO3/c12-9-3-2-8(4-5-13)10-11(9)15-7-1-6-14-10/h2-3,13H,1,4-7H2. The quantitative estimate of drug-likeness (QED) is 0.897. The van der Waals surface area contributed by atoms with E-state index in [1.807, 2.05) is 12.1 Å². The van der Waals surface area contributed by atoms with Gasteiger partial charge in [0, 0.05) is 18.6 Å². The van der Waals surface area contributed by atoms with Gasteiger partial charge in [0.25, 0.3) is 0 Å². The van der Waals surface area contributed by atoms with Gasteiger partial charge in [0.05, 0.1) is 17.7 Å². The van der Waals surface area contributed by atoms with Crippen LogP contribution in [0, 0.1) is 0 Å². The molecule has 1 aliphatic rings. The number of rotatable bonds is 2. The third kappa shape index (κ3) is 2.26. The van der Waals surface area contributed by atoms with Crippen LogP contribution in [0.1, 0.15) is 12.0 Å². The molecule has 0 unspecified atom stereocenters. The summed E-state index contributed by atoms with van der Waals surface area (Å²) in [5.41, 5.74) is 0.998. The van der Waals surface area contributed by atoms with Gasteiger partial charge in [-0.25, -0.2) is 0 Å². The van der Waals surface area contributed by atoms with Gasteiger partial charge in [0.2, 0.25) is 0 Å². The lowest BCUT2D eigenvalue weighted by Crippen LogP contribution is -2.00. The third-order valence-corrected chi connectivity index (χ3v) is 2.93. The van der Waals surface area contributed by atoms with Crippen molar-refractivity contribution in [1.82, 2.24) is 0 Å². The molecule has 0 aromatic heterocycles. The van der Waals surface area contributed by atoms with Crippen LogP contribution in [-0.4, -0.2) is 24.9 Å². The van der Waals surface area contributed by atoms with E-state index in [-0.39, 0.29) is 6.61 Å². The summed E-state index contributed by atoms with van der Waals surface area (Å²) in [5, 5.41) is 8.95. The first-order valence-corrected chi connectivity index (χ1v) is 5.80. The van der Waals surface area contributed by atoms with Crippen molar-refractivity contribution in [2.45, 2.75) is 12.8 Å². The molecular weight excluding hydrogens is 260 g/mol. The summed E-state index contributed by atoms with van der Waals surface area (Å²) in [6.45, 7) is 1.47. The molecule has 0 aliphatic carbocycles. The van der Waals surface area contributed by atoms with E-state index in [9.17, 15) is 0 Å². The molecule has 82 valence electrons. The van der Waals surface area contributed by atoms with Gasteiger partial charge in [0.1, 0.15) is 0 Å². The Balaban J connectivity index is 2.41. The highest BCUT2D eigenvalue weighted by Crippen LogP contribution is 2.39. The molecule has 1 aliphatic heterocycles. The van der Waals surface area contributed by atoms with E-state index in [1.165, 1.54) is 0 Å². The number of fused-ring (bicyclic) bond motifs is 1. The Morgan fingerprint density at radius 1 is 1.20 bits per heavy atom. The molecule has 0 amide bonds. The number of hydrogen-bond donors (Lipinski definition) is 1. The van der Waals surface area contributed by atoms with Gasteiger partial charge in [-0.3, -0.25) is 0 Å². The number of halogens is 1. The molecule has 0 saturated heterocycles. The number of aliphatic hydroxyl groups excluding tert-OH is 1. The lowest BCUT2D eigenvalue weighted by Gasteiger charge is -2.13. The number of benzene rings is 1. The Morgan fingerprint density at radius 3 is 2.67 bits per heavy atom. The molecule has 0 bridgehead atoms. The zero-order valence-electron chi connectivity index (χ0n) is 8.33. The second-order valence-electron chi connectivity index (χ2n) is 3.39. The summed E-state index contributed by atoms with van der Waals surface area (Å²) in [5.74, 6) is 1.54. The Hall–Kier alpha value is -0.740. The van der Waals surface area contributed by atoms with Crippen molar-refractivity contribution in [3.63, 3.8) is 0 Å². The van der Waals surface area contributed by atoms with E-state index in [0.717, 1.165) is 28.0 Å². The summed E-state index contributed by atoms with van der Waals surface area (Å²) in [7, 11) is 0. The molecule has 0 radical (unpaired) electrons. The molecule has 1 heterocycles. The fourth-order valence-corrected chi connectivity index (χ4v) is 2.02. The average Bonchev–Trinajstić information content (AvgIpc) is 2.48. The molecule has 0 fully saturated rings. The van der Waals surface area contributed by atoms with Crippen LogP contribution in [-0.2, 0) is 6.42 Å². The minimum absolute atomic E-state index is 0.122. The van der Waals surface area contributed by atoms with Crippen molar-refractivity contribution in [2.75, 3.05) is 19.8 Å². The van der Waals surface area contributed by atoms with E-state index in [2.05, 4.69) is 15.9 Å². The molecule has 2 rings (SSSR count). The van der Waals surface area contributed by atoms with E-state index in [4.69, 9.17) is 14.6 Å². The lowest BCUT2D eigenvalue weighted by atomic mass is 10.1. The molecule has 0 atom stereocenters. The van der Waals surface area contributed by atoms with Crippen molar-refractivity contribution in [2.24, 2.45) is 0 Å². The second kappa shape index (κ2) is 4.86. The monoisotopic (exact) mass is 272 g/mol. The Morgan fingerprint density at radius 2 is 1.93 bits per heavy atom. The smallest absolute Gasteiger partial charge is 0.175 e. The molecule has 0 spiro atoms. The number of hydrogen-bond acceptors (Lipinski definition) is 3. The average molecular weight is 273 g/mol. The van der Waals surface area contributed by atoms with Crippen LogP contribution >= 0.6 is 15.9 Å². The fraction of sp³-hybridized carbons (Fsp3) is 0.455. The Bertz CT molecular complexity index is 352. The lowest BCUT2D eigenvalue weighted by molar-refractivity contribution is 0.287. The zero-order valence-corrected chi connectivity index (χ0v) is 9.92. The van der Waals surface area contributed by atoms with Crippen molar-refractivity contribution in [3.8, 4) is 11.5 Å². The van der Waals surface area contributed by atoms with Crippen LogP contribution in [0.3, 0.4) is 0 Å². The van der Waals surface area contributed by atoms with Gasteiger partial charge < -0.3 is 14.6 Å². The summed E-state index contributed by atoms with van der Waals surface area (Å²) in [4.78, 5) is 0. The SMILES string of the molecule is OCCc1ccc(Br)c2c1OCCCO2. The number of ether oxygens (including phenoxy) is 2. The minimum Gasteiger partial charge on any atom is -0.489 e. The van der Waals surface area contributed by atoms with Crippen molar-refractivity contribution in [1.29, 1.82) is 0 Å². The topological polar surface area (TPSA) is 38.7 Å². The van der Waals surface area contributed by atoms with E-state index in [0.29, 0.717) is 19.6 Å². The maximum atomic E-state index is 8.95. The highest BCUT2D eigenvalue weighted by atomic mass is 79.9. The molecule has 0 saturated carbocycles. The van der Waals surface area contributed by atoms with Crippen LogP contribution in [0.25, 0.3) is 0 Å². The van der Waals surface area contributed by atoms with Gasteiger partial charge in [0.15, 0.2) is 11.5 Å². The first-order chi connectivity index (χ1) is 7.33. The van der Waals surface area contributed by atoms with Crippen LogP contribution in [0.4, 0.5) is 0 Å². The zero-order chi connectivity index (χ0) is 10.7. The molecule has 1 N–H and O–H groups in total. The van der Waals surface area contributed by atoms with Gasteiger partial charge in [-0.05, 0) is 28.4 Å². The molecule has 15 heavy (non-hydrogen) atoms. The van der Waals surface area contributed by atoms with Crippen molar-refractivity contribution >= 4 is 15.9 Å². The van der Waals surface area contributed by atoms with E-state index < -0.39 is 0 Å². The van der Waals surface area contributed by atoms with E-state index >= 15 is 0 Å².